The van der Waals surface area contributed by atoms with Crippen LogP contribution in [0.2, 0.25) is 0 Å². The van der Waals surface area contributed by atoms with E-state index in [1.807, 2.05) is 0 Å². The summed E-state index contributed by atoms with van der Waals surface area (Å²) in [5.41, 5.74) is 0.172. The number of carbonyl (C=O) groups is 1. The number of sulfonamides is 1. The van der Waals surface area contributed by atoms with E-state index in [-0.39, 0.29) is 30.5 Å². The van der Waals surface area contributed by atoms with Crippen molar-refractivity contribution >= 4 is 21.8 Å². The number of anilines is 1. The van der Waals surface area contributed by atoms with Crippen LogP contribution in [0.1, 0.15) is 16.7 Å². The van der Waals surface area contributed by atoms with Crippen molar-refractivity contribution in [2.45, 2.75) is 24.5 Å². The summed E-state index contributed by atoms with van der Waals surface area (Å²) in [6.45, 7) is 1.11. The van der Waals surface area contributed by atoms with Gasteiger partial charge in [0.05, 0.1) is 19.3 Å². The van der Waals surface area contributed by atoms with Crippen molar-refractivity contribution in [3.63, 3.8) is 0 Å². The van der Waals surface area contributed by atoms with Crippen LogP contribution < -0.4 is 4.90 Å². The highest BCUT2D eigenvalue weighted by Gasteiger charge is 2.37. The zero-order valence-corrected chi connectivity index (χ0v) is 16.4. The number of hydrogen-bond acceptors (Lipinski definition) is 6. The maximum atomic E-state index is 13.1. The zero-order valence-electron chi connectivity index (χ0n) is 15.6. The van der Waals surface area contributed by atoms with Gasteiger partial charge >= 0.3 is 12.1 Å². The molecular formula is C18H18F3N3O4S. The number of aryl methyl sites for hydroxylation is 1. The second-order valence-electron chi connectivity index (χ2n) is 6.56. The molecular weight excluding hydrogens is 411 g/mol. The number of esters is 1. The summed E-state index contributed by atoms with van der Waals surface area (Å²) in [5, 5.41) is 0. The van der Waals surface area contributed by atoms with Gasteiger partial charge in [-0.05, 0) is 36.2 Å². The predicted molar refractivity (Wildman–Crippen MR) is 97.4 cm³/mol. The second kappa shape index (κ2) is 7.64. The van der Waals surface area contributed by atoms with Gasteiger partial charge in [-0.2, -0.15) is 17.5 Å². The fraction of sp³-hybridized carbons (Fsp3) is 0.333. The number of rotatable bonds is 4. The Kier molecular flexibility index (Phi) is 5.54. The number of hydrogen-bond donors (Lipinski definition) is 0. The van der Waals surface area contributed by atoms with E-state index in [9.17, 15) is 26.4 Å². The molecule has 156 valence electrons. The van der Waals surface area contributed by atoms with Gasteiger partial charge in [0, 0.05) is 12.7 Å². The lowest BCUT2D eigenvalue weighted by Gasteiger charge is -2.36. The van der Waals surface area contributed by atoms with E-state index >= 15 is 0 Å². The van der Waals surface area contributed by atoms with Crippen molar-refractivity contribution in [1.29, 1.82) is 0 Å². The first-order valence-corrected chi connectivity index (χ1v) is 9.91. The van der Waals surface area contributed by atoms with Gasteiger partial charge in [0.1, 0.15) is 17.3 Å². The quantitative estimate of drug-likeness (QED) is 0.695. The average molecular weight is 429 g/mol. The SMILES string of the molecule is COC(=O)CN1CN(Cc2ccc(C(F)(F)F)cc2)S(=O)(=O)c2cc(C)cnc21. The summed E-state index contributed by atoms with van der Waals surface area (Å²) >= 11 is 0. The Balaban J connectivity index is 1.95. The molecule has 0 fully saturated rings. The van der Waals surface area contributed by atoms with Crippen molar-refractivity contribution in [2.75, 3.05) is 25.2 Å². The lowest BCUT2D eigenvalue weighted by atomic mass is 10.1. The molecule has 1 aromatic heterocycles. The van der Waals surface area contributed by atoms with E-state index in [2.05, 4.69) is 9.72 Å². The van der Waals surface area contributed by atoms with E-state index < -0.39 is 27.7 Å². The third-order valence-electron chi connectivity index (χ3n) is 4.40. The number of fused-ring (bicyclic) bond motifs is 1. The van der Waals surface area contributed by atoms with E-state index in [0.717, 1.165) is 16.4 Å². The molecule has 1 aliphatic rings. The maximum Gasteiger partial charge on any atom is 0.416 e. The fourth-order valence-corrected chi connectivity index (χ4v) is 4.55. The molecule has 0 saturated heterocycles. The van der Waals surface area contributed by atoms with Crippen LogP contribution in [0, 0.1) is 6.92 Å². The topological polar surface area (TPSA) is 79.8 Å². The Labute approximate surface area is 165 Å². The highest BCUT2D eigenvalue weighted by Crippen LogP contribution is 2.33. The van der Waals surface area contributed by atoms with Gasteiger partial charge in [0.15, 0.2) is 0 Å². The Morgan fingerprint density at radius 3 is 2.48 bits per heavy atom. The molecule has 0 spiro atoms. The molecule has 1 aromatic carbocycles. The number of benzene rings is 1. The van der Waals surface area contributed by atoms with Crippen LogP contribution in [0.25, 0.3) is 0 Å². The normalized spacial score (nSPS) is 16.4. The summed E-state index contributed by atoms with van der Waals surface area (Å²) < 4.78 is 70.1. The van der Waals surface area contributed by atoms with Crippen LogP contribution >= 0.6 is 0 Å². The average Bonchev–Trinajstić information content (AvgIpc) is 2.65. The minimum absolute atomic E-state index is 0.0698. The molecule has 0 aliphatic carbocycles. The van der Waals surface area contributed by atoms with Crippen molar-refractivity contribution in [3.8, 4) is 0 Å². The molecule has 0 N–H and O–H groups in total. The summed E-state index contributed by atoms with van der Waals surface area (Å²) in [6.07, 6.45) is -2.99. The van der Waals surface area contributed by atoms with Gasteiger partial charge in [-0.15, -0.1) is 0 Å². The number of pyridine rings is 1. The van der Waals surface area contributed by atoms with Crippen molar-refractivity contribution in [1.82, 2.24) is 9.29 Å². The lowest BCUT2D eigenvalue weighted by Crippen LogP contribution is -2.48. The van der Waals surface area contributed by atoms with Crippen molar-refractivity contribution in [2.24, 2.45) is 0 Å². The summed E-state index contributed by atoms with van der Waals surface area (Å²) in [7, 11) is -2.75. The molecule has 0 bridgehead atoms. The number of alkyl halides is 3. The molecule has 3 rings (SSSR count). The molecule has 2 heterocycles. The third-order valence-corrected chi connectivity index (χ3v) is 6.18. The van der Waals surface area contributed by atoms with Crippen LogP contribution in [0.15, 0.2) is 41.4 Å². The molecule has 0 amide bonds. The smallest absolute Gasteiger partial charge is 0.416 e. The van der Waals surface area contributed by atoms with Crippen LogP contribution in [0.5, 0.6) is 0 Å². The molecule has 0 radical (unpaired) electrons. The number of nitrogens with zero attached hydrogens (tertiary/aromatic N) is 3. The second-order valence-corrected chi connectivity index (χ2v) is 8.47. The lowest BCUT2D eigenvalue weighted by molar-refractivity contribution is -0.139. The predicted octanol–water partition coefficient (Wildman–Crippen LogP) is 2.55. The minimum Gasteiger partial charge on any atom is -0.468 e. The Morgan fingerprint density at radius 1 is 1.24 bits per heavy atom. The first-order valence-electron chi connectivity index (χ1n) is 8.47. The van der Waals surface area contributed by atoms with E-state index in [0.29, 0.717) is 11.1 Å². The van der Waals surface area contributed by atoms with Crippen LogP contribution in [0.3, 0.4) is 0 Å². The van der Waals surface area contributed by atoms with Gasteiger partial charge in [-0.25, -0.2) is 13.4 Å². The summed E-state index contributed by atoms with van der Waals surface area (Å²) in [4.78, 5) is 17.3. The Bertz CT molecular complexity index is 1020. The molecule has 7 nitrogen and oxygen atoms in total. The number of halogens is 3. The highest BCUT2D eigenvalue weighted by atomic mass is 32.2. The van der Waals surface area contributed by atoms with Crippen LogP contribution in [-0.2, 0) is 32.3 Å². The van der Waals surface area contributed by atoms with Gasteiger partial charge in [0.2, 0.25) is 10.0 Å². The molecule has 0 saturated carbocycles. The highest BCUT2D eigenvalue weighted by molar-refractivity contribution is 7.89. The number of carbonyl (C=O) groups excluding carboxylic acids is 1. The number of methoxy groups -OCH3 is 1. The zero-order chi connectivity index (χ0) is 21.4. The summed E-state index contributed by atoms with van der Waals surface area (Å²) in [5.74, 6) is -0.447. The first kappa shape index (κ1) is 21.1. The van der Waals surface area contributed by atoms with Crippen molar-refractivity contribution in [3.05, 3.63) is 53.2 Å². The van der Waals surface area contributed by atoms with E-state index in [4.69, 9.17) is 0 Å². The van der Waals surface area contributed by atoms with Crippen LogP contribution in [0.4, 0.5) is 19.0 Å². The van der Waals surface area contributed by atoms with Gasteiger partial charge in [-0.3, -0.25) is 4.79 Å². The minimum atomic E-state index is -4.48. The third kappa shape index (κ3) is 4.35. The Morgan fingerprint density at radius 2 is 1.90 bits per heavy atom. The molecule has 29 heavy (non-hydrogen) atoms. The van der Waals surface area contributed by atoms with Gasteiger partial charge in [0.25, 0.3) is 0 Å². The molecule has 0 unspecified atom stereocenters. The molecule has 11 heteroatoms. The first-order chi connectivity index (χ1) is 13.5. The van der Waals surface area contributed by atoms with Gasteiger partial charge in [-0.1, -0.05) is 12.1 Å². The van der Waals surface area contributed by atoms with E-state index in [1.54, 1.807) is 6.92 Å². The Hall–Kier alpha value is -2.66. The van der Waals surface area contributed by atoms with Crippen LogP contribution in [-0.4, -0.2) is 44.0 Å². The van der Waals surface area contributed by atoms with E-state index in [1.165, 1.54) is 36.4 Å². The molecule has 0 atom stereocenters. The number of aromatic nitrogens is 1. The maximum absolute atomic E-state index is 13.1. The molecule has 2 aromatic rings. The van der Waals surface area contributed by atoms with Gasteiger partial charge < -0.3 is 9.64 Å². The number of ether oxygens (including phenoxy) is 1. The standard InChI is InChI=1S/C18H18F3N3O4S/c1-12-7-15-17(22-8-12)23(10-16(25)28-2)11-24(29(15,26)27)9-13-3-5-14(6-4-13)18(19,20)21/h3-8H,9-11H2,1-2H3. The van der Waals surface area contributed by atoms with Crippen molar-refractivity contribution < 1.29 is 31.1 Å². The largest absolute Gasteiger partial charge is 0.468 e. The summed E-state index contributed by atoms with van der Waals surface area (Å²) in [6, 6.07) is 5.70. The molecule has 1 aliphatic heterocycles. The fourth-order valence-electron chi connectivity index (χ4n) is 2.92. The monoisotopic (exact) mass is 429 g/mol.